The third kappa shape index (κ3) is 3.16. The van der Waals surface area contributed by atoms with Crippen LogP contribution in [0.4, 0.5) is 9.18 Å². The third-order valence-corrected chi connectivity index (χ3v) is 6.78. The van der Waals surface area contributed by atoms with Crippen molar-refractivity contribution in [3.63, 3.8) is 0 Å². The number of piperidine rings is 1. The largest absolute Gasteiger partial charge is 0.494 e. The number of hydrogen-bond acceptors (Lipinski definition) is 4. The molecular formula is C20H27BFNO5. The van der Waals surface area contributed by atoms with E-state index in [1.165, 1.54) is 11.0 Å². The van der Waals surface area contributed by atoms with E-state index in [9.17, 15) is 9.18 Å². The van der Waals surface area contributed by atoms with Crippen molar-refractivity contribution in [3.05, 3.63) is 23.5 Å². The van der Waals surface area contributed by atoms with Crippen molar-refractivity contribution in [1.29, 1.82) is 0 Å². The highest BCUT2D eigenvalue weighted by molar-refractivity contribution is 6.62. The molecule has 1 spiro atoms. The number of likely N-dealkylation sites (tertiary alicyclic amines) is 1. The summed E-state index contributed by atoms with van der Waals surface area (Å²) in [7, 11) is -0.612. The number of fused-ring (bicyclic) bond motifs is 1. The van der Waals surface area contributed by atoms with E-state index < -0.39 is 35.8 Å². The van der Waals surface area contributed by atoms with Crippen LogP contribution in [0.15, 0.2) is 12.1 Å². The highest BCUT2D eigenvalue weighted by Gasteiger charge is 2.52. The molecule has 2 saturated heterocycles. The number of amides is 1. The van der Waals surface area contributed by atoms with Crippen LogP contribution in [0.1, 0.15) is 52.5 Å². The standard InChI is InChI=1S/C20H27BFNO5/c1-18(2)19(3,4)28-21(27-18)14-11-13-5-6-20(26-16(13)15(22)12-14)7-9-23(10-8-20)17(24)25/h11-12H,5-10H2,1-4H3,(H,24,25). The predicted octanol–water partition coefficient (Wildman–Crippen LogP) is 2.96. The molecule has 3 aliphatic rings. The Morgan fingerprint density at radius 3 is 2.29 bits per heavy atom. The van der Waals surface area contributed by atoms with Gasteiger partial charge in [-0.25, -0.2) is 9.18 Å². The van der Waals surface area contributed by atoms with Crippen molar-refractivity contribution in [2.75, 3.05) is 13.1 Å². The van der Waals surface area contributed by atoms with Crippen molar-refractivity contribution in [1.82, 2.24) is 4.90 Å². The zero-order valence-electron chi connectivity index (χ0n) is 16.9. The Morgan fingerprint density at radius 2 is 1.71 bits per heavy atom. The molecule has 1 N–H and O–H groups in total. The first-order valence-corrected chi connectivity index (χ1v) is 9.87. The monoisotopic (exact) mass is 391 g/mol. The fourth-order valence-corrected chi connectivity index (χ4v) is 4.18. The lowest BCUT2D eigenvalue weighted by atomic mass is 9.76. The van der Waals surface area contributed by atoms with Gasteiger partial charge in [-0.15, -0.1) is 0 Å². The van der Waals surface area contributed by atoms with Crippen LogP contribution in [0.2, 0.25) is 0 Å². The lowest BCUT2D eigenvalue weighted by Crippen LogP contribution is -2.51. The molecule has 1 aromatic rings. The van der Waals surface area contributed by atoms with Crippen molar-refractivity contribution in [3.8, 4) is 5.75 Å². The molecule has 0 bridgehead atoms. The highest BCUT2D eigenvalue weighted by atomic mass is 19.1. The van der Waals surface area contributed by atoms with Gasteiger partial charge in [0.15, 0.2) is 11.6 Å². The molecule has 0 saturated carbocycles. The number of aryl methyl sites for hydroxylation is 1. The summed E-state index contributed by atoms with van der Waals surface area (Å²) in [5.74, 6) is -0.128. The van der Waals surface area contributed by atoms with Gasteiger partial charge in [0.2, 0.25) is 0 Å². The van der Waals surface area contributed by atoms with Crippen LogP contribution >= 0.6 is 0 Å². The Morgan fingerprint density at radius 1 is 1.11 bits per heavy atom. The summed E-state index contributed by atoms with van der Waals surface area (Å²) < 4.78 is 33.2. The Hall–Kier alpha value is -1.80. The Kier molecular flexibility index (Phi) is 4.43. The number of rotatable bonds is 1. The van der Waals surface area contributed by atoms with Gasteiger partial charge in [-0.2, -0.15) is 0 Å². The van der Waals surface area contributed by atoms with Crippen molar-refractivity contribution in [2.24, 2.45) is 0 Å². The predicted molar refractivity (Wildman–Crippen MR) is 103 cm³/mol. The Balaban J connectivity index is 1.55. The minimum absolute atomic E-state index is 0.287. The number of halogens is 1. The van der Waals surface area contributed by atoms with Gasteiger partial charge >= 0.3 is 13.2 Å². The molecule has 0 aromatic heterocycles. The van der Waals surface area contributed by atoms with E-state index in [4.69, 9.17) is 19.2 Å². The number of hydrogen-bond donors (Lipinski definition) is 1. The summed E-state index contributed by atoms with van der Waals surface area (Å²) in [6, 6.07) is 3.35. The maximum atomic E-state index is 15.0. The van der Waals surface area contributed by atoms with Crippen LogP contribution in [0.25, 0.3) is 0 Å². The molecule has 1 aromatic carbocycles. The lowest BCUT2D eigenvalue weighted by Gasteiger charge is -2.44. The maximum Gasteiger partial charge on any atom is 0.494 e. The molecular weight excluding hydrogens is 364 g/mol. The number of benzene rings is 1. The van der Waals surface area contributed by atoms with E-state index in [2.05, 4.69) is 0 Å². The Labute approximate surface area is 165 Å². The molecule has 0 atom stereocenters. The van der Waals surface area contributed by atoms with Gasteiger partial charge in [0.25, 0.3) is 0 Å². The van der Waals surface area contributed by atoms with E-state index >= 15 is 0 Å². The quantitative estimate of drug-likeness (QED) is 0.746. The van der Waals surface area contributed by atoms with Crippen molar-refractivity contribution < 1.29 is 28.3 Å². The van der Waals surface area contributed by atoms with Gasteiger partial charge in [-0.05, 0) is 57.6 Å². The van der Waals surface area contributed by atoms with Crippen molar-refractivity contribution in [2.45, 2.75) is 70.2 Å². The molecule has 6 nitrogen and oxygen atoms in total. The van der Waals surface area contributed by atoms with E-state index in [1.807, 2.05) is 33.8 Å². The first-order chi connectivity index (χ1) is 13.0. The van der Waals surface area contributed by atoms with Gasteiger partial charge in [-0.3, -0.25) is 0 Å². The number of ether oxygens (including phenoxy) is 1. The molecule has 0 radical (unpaired) electrons. The van der Waals surface area contributed by atoms with Crippen LogP contribution in [0.5, 0.6) is 5.75 Å². The molecule has 4 rings (SSSR count). The summed E-state index contributed by atoms with van der Waals surface area (Å²) in [5.41, 5.74) is 0.0306. The topological polar surface area (TPSA) is 68.2 Å². The molecule has 2 fully saturated rings. The van der Waals surface area contributed by atoms with E-state index in [-0.39, 0.29) is 5.75 Å². The molecule has 152 valence electrons. The van der Waals surface area contributed by atoms with Gasteiger partial charge < -0.3 is 24.1 Å². The number of nitrogens with zero attached hydrogens (tertiary/aromatic N) is 1. The van der Waals surface area contributed by atoms with Crippen molar-refractivity contribution >= 4 is 18.7 Å². The summed E-state index contributed by atoms with van der Waals surface area (Å²) in [6.45, 7) is 8.71. The molecule has 0 aliphatic carbocycles. The van der Waals surface area contributed by atoms with E-state index in [1.54, 1.807) is 0 Å². The first-order valence-electron chi connectivity index (χ1n) is 9.87. The summed E-state index contributed by atoms with van der Waals surface area (Å²) >= 11 is 0. The van der Waals surface area contributed by atoms with Gasteiger partial charge in [0.05, 0.1) is 11.2 Å². The van der Waals surface area contributed by atoms with E-state index in [0.717, 1.165) is 12.0 Å². The van der Waals surface area contributed by atoms with Gasteiger partial charge in [-0.1, -0.05) is 6.07 Å². The average molecular weight is 391 g/mol. The molecule has 1 amide bonds. The maximum absolute atomic E-state index is 15.0. The second-order valence-corrected chi connectivity index (χ2v) is 9.13. The van der Waals surface area contributed by atoms with Crippen LogP contribution in [-0.4, -0.2) is 53.1 Å². The summed E-state index contributed by atoms with van der Waals surface area (Å²) in [6.07, 6.45) is 1.69. The normalized spacial score (nSPS) is 24.8. The van der Waals surface area contributed by atoms with Gasteiger partial charge in [0, 0.05) is 25.9 Å². The second-order valence-electron chi connectivity index (χ2n) is 9.13. The SMILES string of the molecule is CC1(C)OB(c2cc(F)c3c(c2)CCC2(CCN(C(=O)O)CC2)O3)OC1(C)C. The zero-order valence-corrected chi connectivity index (χ0v) is 16.9. The smallest absolute Gasteiger partial charge is 0.484 e. The van der Waals surface area contributed by atoms with Crippen LogP contribution in [0, 0.1) is 5.82 Å². The fourth-order valence-electron chi connectivity index (χ4n) is 4.18. The van der Waals surface area contributed by atoms with Gasteiger partial charge in [0.1, 0.15) is 5.60 Å². The number of carbonyl (C=O) groups is 1. The highest BCUT2D eigenvalue weighted by Crippen LogP contribution is 2.41. The molecule has 0 unspecified atom stereocenters. The lowest BCUT2D eigenvalue weighted by molar-refractivity contribution is -0.0132. The molecule has 8 heteroatoms. The minimum atomic E-state index is -0.913. The van der Waals surface area contributed by atoms with Crippen LogP contribution < -0.4 is 10.2 Å². The Bertz CT molecular complexity index is 788. The molecule has 3 aliphatic heterocycles. The first kappa shape index (κ1) is 19.5. The zero-order chi connectivity index (χ0) is 20.3. The average Bonchev–Trinajstić information content (AvgIpc) is 2.84. The van der Waals surface area contributed by atoms with Crippen LogP contribution in [0.3, 0.4) is 0 Å². The third-order valence-electron chi connectivity index (χ3n) is 6.78. The minimum Gasteiger partial charge on any atom is -0.484 e. The summed E-state index contributed by atoms with van der Waals surface area (Å²) in [4.78, 5) is 12.5. The van der Waals surface area contributed by atoms with Crippen LogP contribution in [-0.2, 0) is 15.7 Å². The fraction of sp³-hybridized carbons (Fsp3) is 0.650. The van der Waals surface area contributed by atoms with E-state index in [0.29, 0.717) is 37.8 Å². The molecule has 3 heterocycles. The number of carboxylic acid groups (broad SMARTS) is 1. The summed E-state index contributed by atoms with van der Waals surface area (Å²) in [5, 5.41) is 9.14. The second kappa shape index (κ2) is 6.35. The molecule has 28 heavy (non-hydrogen) atoms.